The SMILES string of the molecule is CC1CCC(=O)N1CC#CC[N+](C)(C)C.[I-]. The van der Waals surface area contributed by atoms with Gasteiger partial charge in [-0.15, -0.1) is 0 Å². The Morgan fingerprint density at radius 2 is 2.00 bits per heavy atom. The molecular weight excluding hydrogens is 315 g/mol. The maximum Gasteiger partial charge on any atom is 0.223 e. The molecule has 0 radical (unpaired) electrons. The molecule has 0 aliphatic carbocycles. The maximum absolute atomic E-state index is 11.4. The monoisotopic (exact) mass is 336 g/mol. The molecule has 1 atom stereocenters. The molecule has 1 saturated heterocycles. The van der Waals surface area contributed by atoms with Gasteiger partial charge in [-0.05, 0) is 19.3 Å². The number of halogens is 1. The minimum Gasteiger partial charge on any atom is -1.00 e. The lowest BCUT2D eigenvalue weighted by atomic mass is 10.2. The fourth-order valence-corrected chi connectivity index (χ4v) is 1.56. The molecule has 0 bridgehead atoms. The summed E-state index contributed by atoms with van der Waals surface area (Å²) in [6, 6.07) is 0.371. The predicted octanol–water partition coefficient (Wildman–Crippen LogP) is -2.29. The van der Waals surface area contributed by atoms with E-state index >= 15 is 0 Å². The molecule has 3 nitrogen and oxygen atoms in total. The molecule has 16 heavy (non-hydrogen) atoms. The quantitative estimate of drug-likeness (QED) is 0.316. The summed E-state index contributed by atoms with van der Waals surface area (Å²) >= 11 is 0. The zero-order chi connectivity index (χ0) is 11.5. The largest absolute Gasteiger partial charge is 1.00 e. The molecule has 0 N–H and O–H groups in total. The maximum atomic E-state index is 11.4. The lowest BCUT2D eigenvalue weighted by Gasteiger charge is -2.20. The van der Waals surface area contributed by atoms with Crippen molar-refractivity contribution in [2.75, 3.05) is 34.2 Å². The van der Waals surface area contributed by atoms with Crippen LogP contribution in [0, 0.1) is 11.8 Å². The van der Waals surface area contributed by atoms with Crippen LogP contribution in [0.5, 0.6) is 0 Å². The molecule has 1 fully saturated rings. The van der Waals surface area contributed by atoms with Gasteiger partial charge in [0, 0.05) is 12.5 Å². The van der Waals surface area contributed by atoms with Crippen LogP contribution in [0.4, 0.5) is 0 Å². The van der Waals surface area contributed by atoms with Crippen LogP contribution in [-0.2, 0) is 4.79 Å². The number of hydrogen-bond donors (Lipinski definition) is 0. The van der Waals surface area contributed by atoms with Crippen LogP contribution in [0.1, 0.15) is 19.8 Å². The molecule has 1 rings (SSSR count). The van der Waals surface area contributed by atoms with Gasteiger partial charge < -0.3 is 33.4 Å². The van der Waals surface area contributed by atoms with Gasteiger partial charge in [-0.1, -0.05) is 5.92 Å². The first-order valence-electron chi connectivity index (χ1n) is 5.46. The van der Waals surface area contributed by atoms with E-state index in [1.54, 1.807) is 0 Å². The minimum absolute atomic E-state index is 0. The number of likely N-dealkylation sites (tertiary alicyclic amines) is 1. The van der Waals surface area contributed by atoms with Crippen LogP contribution >= 0.6 is 0 Å². The topological polar surface area (TPSA) is 20.3 Å². The molecular formula is C12H21IN2O. The summed E-state index contributed by atoms with van der Waals surface area (Å²) in [5.41, 5.74) is 0. The third-order valence-electron chi connectivity index (χ3n) is 2.56. The Labute approximate surface area is 116 Å². The highest BCUT2D eigenvalue weighted by Crippen LogP contribution is 2.16. The number of hydrogen-bond acceptors (Lipinski definition) is 1. The summed E-state index contributed by atoms with van der Waals surface area (Å²) in [7, 11) is 6.33. The Morgan fingerprint density at radius 3 is 2.44 bits per heavy atom. The van der Waals surface area contributed by atoms with E-state index in [0.29, 0.717) is 19.0 Å². The molecule has 0 aromatic carbocycles. The predicted molar refractivity (Wildman–Crippen MR) is 61.1 cm³/mol. The Hall–Kier alpha value is -0.280. The average molecular weight is 336 g/mol. The van der Waals surface area contributed by atoms with E-state index in [1.807, 2.05) is 4.90 Å². The number of carbonyl (C=O) groups excluding carboxylic acids is 1. The first-order chi connectivity index (χ1) is 6.90. The Bertz CT molecular complexity index is 298. The second-order valence-corrected chi connectivity index (χ2v) is 5.21. The second-order valence-electron chi connectivity index (χ2n) is 5.21. The molecule has 1 aliphatic heterocycles. The number of carbonyl (C=O) groups is 1. The van der Waals surface area contributed by atoms with Crippen molar-refractivity contribution in [3.8, 4) is 11.8 Å². The number of amides is 1. The third-order valence-corrected chi connectivity index (χ3v) is 2.56. The van der Waals surface area contributed by atoms with Gasteiger partial charge in [-0.3, -0.25) is 4.79 Å². The first-order valence-corrected chi connectivity index (χ1v) is 5.46. The number of rotatable bonds is 2. The minimum atomic E-state index is 0. The van der Waals surface area contributed by atoms with Gasteiger partial charge in [0.1, 0.15) is 6.54 Å². The normalized spacial score (nSPS) is 20.1. The van der Waals surface area contributed by atoms with Crippen LogP contribution in [0.25, 0.3) is 0 Å². The average Bonchev–Trinajstić information content (AvgIpc) is 2.40. The highest BCUT2D eigenvalue weighted by Gasteiger charge is 2.26. The summed E-state index contributed by atoms with van der Waals surface area (Å²) in [4.78, 5) is 13.3. The summed E-state index contributed by atoms with van der Waals surface area (Å²) in [6.07, 6.45) is 1.67. The van der Waals surface area contributed by atoms with E-state index in [-0.39, 0.29) is 29.9 Å². The summed E-state index contributed by atoms with van der Waals surface area (Å²) in [5.74, 6) is 6.46. The lowest BCUT2D eigenvalue weighted by Crippen LogP contribution is -3.00. The standard InChI is InChI=1S/C12H21N2O.HI/c1-11-7-8-12(15)13(11)9-5-6-10-14(2,3)4;/h11H,7-10H2,1-4H3;1H/q+1;/p-1. The van der Waals surface area contributed by atoms with Gasteiger partial charge in [-0.25, -0.2) is 0 Å². The number of quaternary nitrogens is 1. The van der Waals surface area contributed by atoms with Crippen molar-refractivity contribution < 1.29 is 33.3 Å². The molecule has 1 unspecified atom stereocenters. The first kappa shape index (κ1) is 15.7. The Kier molecular flexibility index (Phi) is 6.34. The van der Waals surface area contributed by atoms with E-state index in [1.165, 1.54) is 0 Å². The molecule has 1 aliphatic rings. The van der Waals surface area contributed by atoms with Gasteiger partial charge in [0.05, 0.1) is 27.7 Å². The van der Waals surface area contributed by atoms with Crippen molar-refractivity contribution in [1.82, 2.24) is 4.90 Å². The lowest BCUT2D eigenvalue weighted by molar-refractivity contribution is -0.862. The molecule has 0 saturated carbocycles. The van der Waals surface area contributed by atoms with Gasteiger partial charge in [0.25, 0.3) is 0 Å². The van der Waals surface area contributed by atoms with Gasteiger partial charge in [0.15, 0.2) is 0 Å². The van der Waals surface area contributed by atoms with Crippen LogP contribution in [0.2, 0.25) is 0 Å². The zero-order valence-corrected chi connectivity index (χ0v) is 12.7. The van der Waals surface area contributed by atoms with E-state index in [2.05, 4.69) is 39.9 Å². The van der Waals surface area contributed by atoms with Crippen molar-refractivity contribution >= 4 is 5.91 Å². The fourth-order valence-electron chi connectivity index (χ4n) is 1.56. The van der Waals surface area contributed by atoms with Crippen LogP contribution in [-0.4, -0.2) is 55.6 Å². The van der Waals surface area contributed by atoms with E-state index < -0.39 is 0 Å². The van der Waals surface area contributed by atoms with Gasteiger partial charge in [-0.2, -0.15) is 0 Å². The molecule has 0 spiro atoms. The van der Waals surface area contributed by atoms with Gasteiger partial charge >= 0.3 is 0 Å². The van der Waals surface area contributed by atoms with Crippen LogP contribution in [0.3, 0.4) is 0 Å². The molecule has 1 heterocycles. The second kappa shape index (κ2) is 6.45. The Balaban J connectivity index is 0.00000225. The van der Waals surface area contributed by atoms with Crippen LogP contribution < -0.4 is 24.0 Å². The van der Waals surface area contributed by atoms with Crippen molar-refractivity contribution in [3.05, 3.63) is 0 Å². The fraction of sp³-hybridized carbons (Fsp3) is 0.750. The van der Waals surface area contributed by atoms with E-state index in [0.717, 1.165) is 17.4 Å². The summed E-state index contributed by atoms with van der Waals surface area (Å²) in [5, 5.41) is 0. The third kappa shape index (κ3) is 5.17. The Morgan fingerprint density at radius 1 is 1.38 bits per heavy atom. The molecule has 92 valence electrons. The van der Waals surface area contributed by atoms with Crippen LogP contribution in [0.15, 0.2) is 0 Å². The summed E-state index contributed by atoms with van der Waals surface area (Å²) < 4.78 is 0.844. The highest BCUT2D eigenvalue weighted by molar-refractivity contribution is 5.78. The molecule has 0 aromatic rings. The van der Waals surface area contributed by atoms with Crippen molar-refractivity contribution in [2.45, 2.75) is 25.8 Å². The van der Waals surface area contributed by atoms with E-state index in [4.69, 9.17) is 0 Å². The zero-order valence-electron chi connectivity index (χ0n) is 10.6. The summed E-state index contributed by atoms with van der Waals surface area (Å²) in [6.45, 7) is 3.52. The molecule has 4 heteroatoms. The van der Waals surface area contributed by atoms with Crippen molar-refractivity contribution in [1.29, 1.82) is 0 Å². The highest BCUT2D eigenvalue weighted by atomic mass is 127. The van der Waals surface area contributed by atoms with Gasteiger partial charge in [0.2, 0.25) is 5.91 Å². The molecule has 0 aromatic heterocycles. The van der Waals surface area contributed by atoms with E-state index in [9.17, 15) is 4.79 Å². The van der Waals surface area contributed by atoms with Crippen molar-refractivity contribution in [3.63, 3.8) is 0 Å². The number of nitrogens with zero attached hydrogens (tertiary/aromatic N) is 2. The smallest absolute Gasteiger partial charge is 0.223 e. The molecule has 1 amide bonds. The van der Waals surface area contributed by atoms with Crippen molar-refractivity contribution in [2.24, 2.45) is 0 Å².